The summed E-state index contributed by atoms with van der Waals surface area (Å²) >= 11 is 0. The first-order valence-electron chi connectivity index (χ1n) is 6.19. The molecule has 0 atom stereocenters. The summed E-state index contributed by atoms with van der Waals surface area (Å²) < 4.78 is 26.4. The number of aromatic nitrogens is 2. The Balaban J connectivity index is 1.85. The van der Waals surface area contributed by atoms with Crippen molar-refractivity contribution >= 4 is 16.0 Å². The zero-order valence-corrected chi connectivity index (χ0v) is 11.7. The average Bonchev–Trinajstić information content (AvgIpc) is 2.45. The molecule has 0 aliphatic carbocycles. The van der Waals surface area contributed by atoms with Crippen LogP contribution in [0, 0.1) is 0 Å². The lowest BCUT2D eigenvalue weighted by molar-refractivity contribution is 0.578. The molecule has 0 aliphatic rings. The summed E-state index contributed by atoms with van der Waals surface area (Å²) in [6, 6.07) is 9.91. The third-order valence-corrected chi connectivity index (χ3v) is 4.15. The first-order chi connectivity index (χ1) is 9.58. The van der Waals surface area contributed by atoms with Gasteiger partial charge in [-0.1, -0.05) is 30.3 Å². The van der Waals surface area contributed by atoms with E-state index in [4.69, 9.17) is 5.73 Å². The van der Waals surface area contributed by atoms with Crippen molar-refractivity contribution in [3.8, 4) is 0 Å². The van der Waals surface area contributed by atoms with E-state index in [1.807, 2.05) is 30.3 Å². The van der Waals surface area contributed by atoms with Gasteiger partial charge in [-0.15, -0.1) is 0 Å². The normalized spacial score (nSPS) is 11.4. The number of rotatable bonds is 6. The van der Waals surface area contributed by atoms with Crippen molar-refractivity contribution in [3.05, 3.63) is 48.3 Å². The van der Waals surface area contributed by atoms with E-state index in [2.05, 4.69) is 14.7 Å². The van der Waals surface area contributed by atoms with Crippen LogP contribution in [0.15, 0.2) is 47.6 Å². The lowest BCUT2D eigenvalue weighted by Crippen LogP contribution is -2.25. The Morgan fingerprint density at radius 3 is 2.40 bits per heavy atom. The van der Waals surface area contributed by atoms with Crippen LogP contribution in [0.2, 0.25) is 0 Å². The third kappa shape index (κ3) is 4.01. The van der Waals surface area contributed by atoms with E-state index in [9.17, 15) is 8.42 Å². The fraction of sp³-hybridized carbons (Fsp3) is 0.231. The van der Waals surface area contributed by atoms with Crippen LogP contribution in [0.25, 0.3) is 0 Å². The second-order valence-electron chi connectivity index (χ2n) is 4.26. The Morgan fingerprint density at radius 2 is 1.75 bits per heavy atom. The van der Waals surface area contributed by atoms with Gasteiger partial charge in [-0.25, -0.2) is 23.1 Å². The molecule has 7 heteroatoms. The number of hydrogen-bond acceptors (Lipinski definition) is 5. The van der Waals surface area contributed by atoms with E-state index in [-0.39, 0.29) is 10.8 Å². The summed E-state index contributed by atoms with van der Waals surface area (Å²) in [5.41, 5.74) is 6.50. The predicted molar refractivity (Wildman–Crippen MR) is 76.4 cm³/mol. The Hall–Kier alpha value is -1.99. The van der Waals surface area contributed by atoms with Gasteiger partial charge in [0.15, 0.2) is 0 Å². The van der Waals surface area contributed by atoms with E-state index in [0.29, 0.717) is 6.54 Å². The van der Waals surface area contributed by atoms with Crippen molar-refractivity contribution in [2.45, 2.75) is 17.7 Å². The molecule has 0 saturated carbocycles. The van der Waals surface area contributed by atoms with E-state index < -0.39 is 10.0 Å². The Labute approximate surface area is 118 Å². The van der Waals surface area contributed by atoms with Crippen molar-refractivity contribution in [2.75, 3.05) is 12.3 Å². The van der Waals surface area contributed by atoms with Crippen LogP contribution in [0.1, 0.15) is 12.0 Å². The summed E-state index contributed by atoms with van der Waals surface area (Å²) in [6.45, 7) is 0.363. The number of benzene rings is 1. The van der Waals surface area contributed by atoms with E-state index in [0.717, 1.165) is 12.8 Å². The fourth-order valence-corrected chi connectivity index (χ4v) is 2.65. The molecular formula is C13H16N4O2S. The average molecular weight is 292 g/mol. The molecular weight excluding hydrogens is 276 g/mol. The zero-order valence-electron chi connectivity index (χ0n) is 10.9. The van der Waals surface area contributed by atoms with Crippen molar-refractivity contribution in [1.82, 2.24) is 14.7 Å². The second kappa shape index (κ2) is 6.44. The Kier molecular flexibility index (Phi) is 4.65. The SMILES string of the molecule is Nc1ncc(S(=O)(=O)NCCCc2ccccc2)cn1. The minimum atomic E-state index is -3.56. The minimum absolute atomic E-state index is 0.0198. The minimum Gasteiger partial charge on any atom is -0.368 e. The van der Waals surface area contributed by atoms with Crippen molar-refractivity contribution in [3.63, 3.8) is 0 Å². The lowest BCUT2D eigenvalue weighted by atomic mass is 10.1. The van der Waals surface area contributed by atoms with Crippen LogP contribution in [0.3, 0.4) is 0 Å². The van der Waals surface area contributed by atoms with Crippen LogP contribution in [-0.4, -0.2) is 24.9 Å². The predicted octanol–water partition coefficient (Wildman–Crippen LogP) is 0.970. The van der Waals surface area contributed by atoms with Gasteiger partial charge in [0.25, 0.3) is 0 Å². The molecule has 0 bridgehead atoms. The van der Waals surface area contributed by atoms with Gasteiger partial charge in [-0.3, -0.25) is 0 Å². The molecule has 0 fully saturated rings. The molecule has 2 rings (SSSR count). The number of nitrogens with two attached hydrogens (primary N) is 1. The highest BCUT2D eigenvalue weighted by atomic mass is 32.2. The summed E-state index contributed by atoms with van der Waals surface area (Å²) in [4.78, 5) is 7.36. The smallest absolute Gasteiger partial charge is 0.243 e. The Morgan fingerprint density at radius 1 is 1.10 bits per heavy atom. The molecule has 1 aromatic heterocycles. The fourth-order valence-electron chi connectivity index (χ4n) is 1.69. The number of nitrogens with zero attached hydrogens (tertiary/aromatic N) is 2. The van der Waals surface area contributed by atoms with E-state index in [1.54, 1.807) is 0 Å². The first-order valence-corrected chi connectivity index (χ1v) is 7.67. The van der Waals surface area contributed by atoms with Gasteiger partial charge in [-0.05, 0) is 18.4 Å². The molecule has 0 aliphatic heterocycles. The Bertz CT molecular complexity index is 642. The van der Waals surface area contributed by atoms with Gasteiger partial charge in [0, 0.05) is 6.54 Å². The highest BCUT2D eigenvalue weighted by molar-refractivity contribution is 7.89. The number of nitrogens with one attached hydrogen (secondary N) is 1. The molecule has 0 amide bonds. The van der Waals surface area contributed by atoms with Gasteiger partial charge in [-0.2, -0.15) is 0 Å². The van der Waals surface area contributed by atoms with Gasteiger partial charge in [0.2, 0.25) is 16.0 Å². The molecule has 3 N–H and O–H groups in total. The number of aryl methyl sites for hydroxylation is 1. The van der Waals surface area contributed by atoms with Crippen LogP contribution in [0.4, 0.5) is 5.95 Å². The molecule has 1 heterocycles. The largest absolute Gasteiger partial charge is 0.368 e. The summed E-state index contributed by atoms with van der Waals surface area (Å²) in [6.07, 6.45) is 3.93. The maximum atomic E-state index is 11.9. The second-order valence-corrected chi connectivity index (χ2v) is 6.03. The summed E-state index contributed by atoms with van der Waals surface area (Å²) in [7, 11) is -3.56. The maximum absolute atomic E-state index is 11.9. The molecule has 0 saturated heterocycles. The van der Waals surface area contributed by atoms with E-state index in [1.165, 1.54) is 18.0 Å². The first kappa shape index (κ1) is 14.4. The topological polar surface area (TPSA) is 98.0 Å². The molecule has 106 valence electrons. The lowest BCUT2D eigenvalue weighted by Gasteiger charge is -2.06. The van der Waals surface area contributed by atoms with Crippen molar-refractivity contribution < 1.29 is 8.42 Å². The highest BCUT2D eigenvalue weighted by Gasteiger charge is 2.13. The number of anilines is 1. The summed E-state index contributed by atoms with van der Waals surface area (Å²) in [5, 5.41) is 0. The zero-order chi connectivity index (χ0) is 14.4. The quantitative estimate of drug-likeness (QED) is 0.773. The monoisotopic (exact) mass is 292 g/mol. The van der Waals surface area contributed by atoms with Gasteiger partial charge < -0.3 is 5.73 Å². The van der Waals surface area contributed by atoms with Gasteiger partial charge in [0.05, 0.1) is 12.4 Å². The highest BCUT2D eigenvalue weighted by Crippen LogP contribution is 2.06. The summed E-state index contributed by atoms with van der Waals surface area (Å²) in [5.74, 6) is 0.0491. The van der Waals surface area contributed by atoms with Crippen LogP contribution >= 0.6 is 0 Å². The molecule has 1 aromatic carbocycles. The molecule has 6 nitrogen and oxygen atoms in total. The van der Waals surface area contributed by atoms with Crippen LogP contribution < -0.4 is 10.5 Å². The number of hydrogen-bond donors (Lipinski definition) is 2. The van der Waals surface area contributed by atoms with Crippen molar-refractivity contribution in [2.24, 2.45) is 0 Å². The molecule has 0 spiro atoms. The number of nitrogen functional groups attached to an aromatic ring is 1. The maximum Gasteiger partial charge on any atom is 0.243 e. The molecule has 20 heavy (non-hydrogen) atoms. The van der Waals surface area contributed by atoms with Gasteiger partial charge >= 0.3 is 0 Å². The van der Waals surface area contributed by atoms with E-state index >= 15 is 0 Å². The standard InChI is InChI=1S/C13H16N4O2S/c14-13-15-9-12(10-16-13)20(18,19)17-8-4-7-11-5-2-1-3-6-11/h1-3,5-6,9-10,17H,4,7-8H2,(H2,14,15,16). The van der Waals surface area contributed by atoms with Gasteiger partial charge in [0.1, 0.15) is 4.90 Å². The van der Waals surface area contributed by atoms with Crippen molar-refractivity contribution in [1.29, 1.82) is 0 Å². The molecule has 0 radical (unpaired) electrons. The van der Waals surface area contributed by atoms with Crippen LogP contribution in [-0.2, 0) is 16.4 Å². The number of sulfonamides is 1. The third-order valence-electron chi connectivity index (χ3n) is 2.74. The molecule has 0 unspecified atom stereocenters. The molecule has 2 aromatic rings. The van der Waals surface area contributed by atoms with Crippen LogP contribution in [0.5, 0.6) is 0 Å².